The maximum atomic E-state index is 12.4. The van der Waals surface area contributed by atoms with Crippen molar-refractivity contribution in [2.24, 2.45) is 0 Å². The molecule has 1 aliphatic rings. The molecule has 0 unspecified atom stereocenters. The van der Waals surface area contributed by atoms with Gasteiger partial charge < -0.3 is 14.6 Å². The van der Waals surface area contributed by atoms with Gasteiger partial charge in [0, 0.05) is 11.6 Å². The third kappa shape index (κ3) is 2.53. The second kappa shape index (κ2) is 6.02. The van der Waals surface area contributed by atoms with Crippen LogP contribution in [0.15, 0.2) is 53.1 Å². The number of halogens is 1. The van der Waals surface area contributed by atoms with Gasteiger partial charge >= 0.3 is 0 Å². The molecule has 0 bridgehead atoms. The summed E-state index contributed by atoms with van der Waals surface area (Å²) in [6.07, 6.45) is 0. The van der Waals surface area contributed by atoms with Crippen molar-refractivity contribution in [2.45, 2.75) is 13.2 Å². The smallest absolute Gasteiger partial charge is 0.274 e. The van der Waals surface area contributed by atoms with Crippen molar-refractivity contribution in [1.29, 1.82) is 0 Å². The highest BCUT2D eigenvalue weighted by atomic mass is 35.5. The van der Waals surface area contributed by atoms with E-state index in [0.29, 0.717) is 22.9 Å². The van der Waals surface area contributed by atoms with E-state index in [9.17, 15) is 4.79 Å². The molecule has 1 N–H and O–H groups in total. The summed E-state index contributed by atoms with van der Waals surface area (Å²) in [6.45, 7) is 0.572. The summed E-state index contributed by atoms with van der Waals surface area (Å²) < 4.78 is 11.1. The first kappa shape index (κ1) is 14.8. The number of nitrogens with one attached hydrogen (secondary N) is 1. The van der Waals surface area contributed by atoms with Gasteiger partial charge in [0.1, 0.15) is 12.4 Å². The number of fused-ring (bicyclic) bond motifs is 3. The van der Waals surface area contributed by atoms with Gasteiger partial charge in [-0.25, -0.2) is 0 Å². The number of hydrogen-bond acceptors (Lipinski definition) is 4. The zero-order valence-corrected chi connectivity index (χ0v) is 13.3. The molecule has 3 aromatic rings. The van der Waals surface area contributed by atoms with Gasteiger partial charge in [0.05, 0.1) is 11.1 Å². The van der Waals surface area contributed by atoms with Crippen molar-refractivity contribution in [3.63, 3.8) is 0 Å². The Morgan fingerprint density at radius 1 is 1.17 bits per heavy atom. The van der Waals surface area contributed by atoms with Crippen molar-refractivity contribution in [3.8, 4) is 17.1 Å². The lowest BCUT2D eigenvalue weighted by atomic mass is 10.0. The quantitative estimate of drug-likeness (QED) is 0.787. The fourth-order valence-corrected chi connectivity index (χ4v) is 2.87. The molecule has 1 aromatic heterocycles. The molecule has 120 valence electrons. The number of hydrogen-bond donors (Lipinski definition) is 1. The van der Waals surface area contributed by atoms with Crippen LogP contribution in [0.5, 0.6) is 5.75 Å². The molecule has 2 aromatic carbocycles. The van der Waals surface area contributed by atoms with Crippen LogP contribution in [-0.4, -0.2) is 11.1 Å². The third-order valence-corrected chi connectivity index (χ3v) is 4.27. The van der Waals surface area contributed by atoms with Crippen molar-refractivity contribution >= 4 is 17.5 Å². The van der Waals surface area contributed by atoms with Crippen LogP contribution in [0.25, 0.3) is 11.3 Å². The average molecular weight is 341 g/mol. The normalized spacial score (nSPS) is 12.0. The molecular formula is C18H13ClN2O3. The fraction of sp³-hybridized carbons (Fsp3) is 0.111. The first-order valence-corrected chi connectivity index (χ1v) is 7.84. The minimum absolute atomic E-state index is 0.242. The van der Waals surface area contributed by atoms with Gasteiger partial charge in [-0.3, -0.25) is 4.79 Å². The van der Waals surface area contributed by atoms with Gasteiger partial charge in [0.25, 0.3) is 5.91 Å². The largest absolute Gasteiger partial charge is 0.488 e. The van der Waals surface area contributed by atoms with E-state index in [2.05, 4.69) is 10.5 Å². The van der Waals surface area contributed by atoms with E-state index in [1.54, 1.807) is 6.07 Å². The summed E-state index contributed by atoms with van der Waals surface area (Å²) in [5.74, 6) is 0.992. The molecule has 0 atom stereocenters. The number of amides is 1. The van der Waals surface area contributed by atoms with Crippen LogP contribution < -0.4 is 10.1 Å². The molecule has 5 nitrogen and oxygen atoms in total. The summed E-state index contributed by atoms with van der Waals surface area (Å²) in [4.78, 5) is 12.4. The van der Waals surface area contributed by atoms with Gasteiger partial charge in [0.15, 0.2) is 11.5 Å². The summed E-state index contributed by atoms with van der Waals surface area (Å²) in [7, 11) is 0. The molecule has 1 amide bonds. The fourth-order valence-electron chi connectivity index (χ4n) is 2.66. The molecule has 0 fully saturated rings. The van der Waals surface area contributed by atoms with E-state index in [1.165, 1.54) is 0 Å². The topological polar surface area (TPSA) is 64.4 Å². The Hall–Kier alpha value is -2.79. The van der Waals surface area contributed by atoms with Crippen LogP contribution in [0.3, 0.4) is 0 Å². The Labute approximate surface area is 143 Å². The first-order chi connectivity index (χ1) is 11.7. The van der Waals surface area contributed by atoms with E-state index in [0.717, 1.165) is 16.9 Å². The van der Waals surface area contributed by atoms with Gasteiger partial charge in [0.2, 0.25) is 0 Å². The van der Waals surface area contributed by atoms with Crippen LogP contribution in [0.2, 0.25) is 5.02 Å². The van der Waals surface area contributed by atoms with Crippen molar-refractivity contribution in [3.05, 3.63) is 70.4 Å². The summed E-state index contributed by atoms with van der Waals surface area (Å²) in [5, 5.41) is 7.35. The van der Waals surface area contributed by atoms with Crippen molar-refractivity contribution in [2.75, 3.05) is 0 Å². The SMILES string of the molecule is O=C(NCc1ccccc1Cl)c1noc2c1COc1ccccc1-2. The minimum atomic E-state index is -0.317. The minimum Gasteiger partial charge on any atom is -0.488 e. The maximum absolute atomic E-state index is 12.4. The second-order valence-electron chi connectivity index (χ2n) is 5.40. The van der Waals surface area contributed by atoms with Crippen LogP contribution in [-0.2, 0) is 13.2 Å². The Morgan fingerprint density at radius 2 is 1.96 bits per heavy atom. The Morgan fingerprint density at radius 3 is 2.83 bits per heavy atom. The van der Waals surface area contributed by atoms with E-state index in [-0.39, 0.29) is 18.2 Å². The number of para-hydroxylation sites is 1. The standard InChI is InChI=1S/C18H13ClN2O3/c19-14-7-3-1-5-11(14)9-20-18(22)16-13-10-23-15-8-4-2-6-12(15)17(13)24-21-16/h1-8H,9-10H2,(H,20,22). The van der Waals surface area contributed by atoms with Gasteiger partial charge in [-0.15, -0.1) is 0 Å². The molecule has 0 saturated carbocycles. The van der Waals surface area contributed by atoms with Crippen LogP contribution in [0, 0.1) is 0 Å². The highest BCUT2D eigenvalue weighted by Crippen LogP contribution is 2.38. The zero-order chi connectivity index (χ0) is 16.5. The highest BCUT2D eigenvalue weighted by Gasteiger charge is 2.28. The molecule has 6 heteroatoms. The highest BCUT2D eigenvalue weighted by molar-refractivity contribution is 6.31. The van der Waals surface area contributed by atoms with Crippen molar-refractivity contribution < 1.29 is 14.1 Å². The lowest BCUT2D eigenvalue weighted by Gasteiger charge is -2.15. The Kier molecular flexibility index (Phi) is 3.70. The van der Waals surface area contributed by atoms with E-state index in [1.807, 2.05) is 42.5 Å². The predicted molar refractivity (Wildman–Crippen MR) is 88.9 cm³/mol. The van der Waals surface area contributed by atoms with E-state index >= 15 is 0 Å². The number of rotatable bonds is 3. The predicted octanol–water partition coefficient (Wildman–Crippen LogP) is 3.82. The molecule has 0 aliphatic carbocycles. The van der Waals surface area contributed by atoms with Gasteiger partial charge in [-0.2, -0.15) is 0 Å². The number of ether oxygens (including phenoxy) is 1. The summed E-state index contributed by atoms with van der Waals surface area (Å²) >= 11 is 6.10. The molecule has 1 aliphatic heterocycles. The maximum Gasteiger partial charge on any atom is 0.274 e. The van der Waals surface area contributed by atoms with E-state index in [4.69, 9.17) is 20.9 Å². The summed E-state index contributed by atoms with van der Waals surface area (Å²) in [6, 6.07) is 14.9. The van der Waals surface area contributed by atoms with Crippen LogP contribution in [0.4, 0.5) is 0 Å². The molecule has 0 radical (unpaired) electrons. The first-order valence-electron chi connectivity index (χ1n) is 7.46. The molecule has 24 heavy (non-hydrogen) atoms. The Balaban J connectivity index is 1.57. The molecule has 0 saturated heterocycles. The summed E-state index contributed by atoms with van der Waals surface area (Å²) in [5.41, 5.74) is 2.54. The van der Waals surface area contributed by atoms with E-state index < -0.39 is 0 Å². The zero-order valence-electron chi connectivity index (χ0n) is 12.6. The molecular weight excluding hydrogens is 328 g/mol. The molecule has 2 heterocycles. The van der Waals surface area contributed by atoms with Crippen LogP contribution >= 0.6 is 11.6 Å². The van der Waals surface area contributed by atoms with Gasteiger partial charge in [-0.1, -0.05) is 47.1 Å². The molecule has 4 rings (SSSR count). The number of benzene rings is 2. The average Bonchev–Trinajstić information content (AvgIpc) is 3.05. The van der Waals surface area contributed by atoms with Crippen LogP contribution in [0.1, 0.15) is 21.6 Å². The number of carbonyl (C=O) groups excluding carboxylic acids is 1. The Bertz CT molecular complexity index is 920. The third-order valence-electron chi connectivity index (χ3n) is 3.90. The van der Waals surface area contributed by atoms with Crippen molar-refractivity contribution in [1.82, 2.24) is 10.5 Å². The number of carbonyl (C=O) groups is 1. The lowest BCUT2D eigenvalue weighted by Crippen LogP contribution is -2.25. The number of aromatic nitrogens is 1. The monoisotopic (exact) mass is 340 g/mol. The second-order valence-corrected chi connectivity index (χ2v) is 5.80. The lowest BCUT2D eigenvalue weighted by molar-refractivity contribution is 0.0940. The molecule has 0 spiro atoms. The number of nitrogens with zero attached hydrogens (tertiary/aromatic N) is 1. The van der Waals surface area contributed by atoms with Gasteiger partial charge in [-0.05, 0) is 23.8 Å².